The van der Waals surface area contributed by atoms with Gasteiger partial charge < -0.3 is 15.2 Å². The second-order valence-corrected chi connectivity index (χ2v) is 10.2. The Morgan fingerprint density at radius 3 is 2.77 bits per heavy atom. The number of aromatic nitrogens is 4. The van der Waals surface area contributed by atoms with Gasteiger partial charge in [0.15, 0.2) is 5.82 Å². The minimum atomic E-state index is -0.103. The molecule has 182 valence electrons. The number of nitrogens with zero attached hydrogens (tertiary/aromatic N) is 6. The molecule has 1 fully saturated rings. The molecule has 1 amide bonds. The molecule has 0 unspecified atom stereocenters. The molecule has 1 aromatic carbocycles. The lowest BCUT2D eigenvalue weighted by Gasteiger charge is -2.26. The number of pyridine rings is 1. The summed E-state index contributed by atoms with van der Waals surface area (Å²) in [6.45, 7) is 8.04. The number of fused-ring (bicyclic) bond motifs is 2. The first-order chi connectivity index (χ1) is 17.0. The molecule has 5 heterocycles. The molecule has 8 heteroatoms. The third-order valence-electron chi connectivity index (χ3n) is 8.02. The van der Waals surface area contributed by atoms with Crippen molar-refractivity contribution in [3.63, 3.8) is 0 Å². The Balaban J connectivity index is 1.38. The van der Waals surface area contributed by atoms with Crippen LogP contribution in [0.5, 0.6) is 0 Å². The molecule has 3 aliphatic heterocycles. The fraction of sp³-hybridized carbons (Fsp3) is 0.481. The number of benzene rings is 1. The number of amides is 1. The molecule has 3 aromatic rings. The van der Waals surface area contributed by atoms with Gasteiger partial charge in [-0.2, -0.15) is 0 Å². The van der Waals surface area contributed by atoms with Crippen LogP contribution in [0.25, 0.3) is 11.5 Å². The van der Waals surface area contributed by atoms with Crippen molar-refractivity contribution in [1.82, 2.24) is 19.7 Å². The van der Waals surface area contributed by atoms with Crippen molar-refractivity contribution < 1.29 is 4.79 Å². The van der Waals surface area contributed by atoms with Crippen LogP contribution in [0, 0.1) is 0 Å². The number of aryl methyl sites for hydroxylation is 1. The van der Waals surface area contributed by atoms with E-state index < -0.39 is 0 Å². The SMILES string of the molecule is CC[C@@H](N)c1cc(N2CCC[C@H]2C)cc2c1CN(c1cccc(-c3nnc4n3[C@@H](C)CC4)n1)C2=O. The van der Waals surface area contributed by atoms with Crippen LogP contribution in [0.15, 0.2) is 30.3 Å². The van der Waals surface area contributed by atoms with Gasteiger partial charge in [0.25, 0.3) is 5.91 Å². The first-order valence-electron chi connectivity index (χ1n) is 12.9. The Morgan fingerprint density at radius 1 is 1.14 bits per heavy atom. The fourth-order valence-corrected chi connectivity index (χ4v) is 5.94. The Hall–Kier alpha value is -3.26. The van der Waals surface area contributed by atoms with Crippen LogP contribution in [0.2, 0.25) is 0 Å². The molecule has 0 spiro atoms. The van der Waals surface area contributed by atoms with E-state index in [0.29, 0.717) is 24.4 Å². The minimum absolute atomic E-state index is 0.0113. The van der Waals surface area contributed by atoms with E-state index in [0.717, 1.165) is 65.5 Å². The monoisotopic (exact) mass is 471 g/mol. The Bertz CT molecular complexity index is 1300. The minimum Gasteiger partial charge on any atom is -0.369 e. The lowest BCUT2D eigenvalue weighted by Crippen LogP contribution is -2.27. The third kappa shape index (κ3) is 3.54. The first kappa shape index (κ1) is 22.2. The fourth-order valence-electron chi connectivity index (χ4n) is 5.94. The molecular weight excluding hydrogens is 438 g/mol. The zero-order valence-electron chi connectivity index (χ0n) is 20.7. The van der Waals surface area contributed by atoms with Crippen molar-refractivity contribution in [1.29, 1.82) is 0 Å². The average molecular weight is 472 g/mol. The average Bonchev–Trinajstić information content (AvgIpc) is 3.64. The van der Waals surface area contributed by atoms with Gasteiger partial charge in [0.2, 0.25) is 0 Å². The van der Waals surface area contributed by atoms with Gasteiger partial charge in [0.05, 0.1) is 6.54 Å². The van der Waals surface area contributed by atoms with Gasteiger partial charge in [-0.1, -0.05) is 13.0 Å². The Morgan fingerprint density at radius 2 is 2.00 bits per heavy atom. The quantitative estimate of drug-likeness (QED) is 0.593. The van der Waals surface area contributed by atoms with Gasteiger partial charge in [-0.25, -0.2) is 4.98 Å². The normalized spacial score (nSPS) is 22.1. The van der Waals surface area contributed by atoms with E-state index in [2.05, 4.69) is 52.6 Å². The predicted molar refractivity (Wildman–Crippen MR) is 137 cm³/mol. The largest absolute Gasteiger partial charge is 0.369 e. The van der Waals surface area contributed by atoms with E-state index in [4.69, 9.17) is 10.7 Å². The van der Waals surface area contributed by atoms with Crippen LogP contribution < -0.4 is 15.5 Å². The van der Waals surface area contributed by atoms with Gasteiger partial charge in [0, 0.05) is 42.3 Å². The maximum Gasteiger partial charge on any atom is 0.260 e. The Labute approximate surface area is 206 Å². The van der Waals surface area contributed by atoms with Gasteiger partial charge in [-0.05, 0) is 74.9 Å². The number of carbonyl (C=O) groups is 1. The van der Waals surface area contributed by atoms with E-state index in [-0.39, 0.29) is 11.9 Å². The van der Waals surface area contributed by atoms with Crippen molar-refractivity contribution >= 4 is 17.4 Å². The molecule has 8 nitrogen and oxygen atoms in total. The van der Waals surface area contributed by atoms with Crippen LogP contribution in [0.3, 0.4) is 0 Å². The number of hydrogen-bond acceptors (Lipinski definition) is 6. The topological polar surface area (TPSA) is 93.2 Å². The molecule has 3 aliphatic rings. The van der Waals surface area contributed by atoms with E-state index in [9.17, 15) is 4.79 Å². The number of hydrogen-bond donors (Lipinski definition) is 1. The summed E-state index contributed by atoms with van der Waals surface area (Å²) in [6.07, 6.45) is 5.18. The van der Waals surface area contributed by atoms with Gasteiger partial charge in [-0.15, -0.1) is 10.2 Å². The smallest absolute Gasteiger partial charge is 0.260 e. The number of nitrogens with two attached hydrogens (primary N) is 1. The number of carbonyl (C=O) groups excluding carboxylic acids is 1. The van der Waals surface area contributed by atoms with Crippen molar-refractivity contribution in [2.75, 3.05) is 16.3 Å². The molecule has 0 aliphatic carbocycles. The molecule has 0 radical (unpaired) electrons. The summed E-state index contributed by atoms with van der Waals surface area (Å²) >= 11 is 0. The lowest BCUT2D eigenvalue weighted by atomic mass is 9.95. The number of rotatable bonds is 5. The summed E-state index contributed by atoms with van der Waals surface area (Å²) in [6, 6.07) is 10.8. The van der Waals surface area contributed by atoms with Crippen molar-refractivity contribution in [2.45, 2.75) is 77.5 Å². The highest BCUT2D eigenvalue weighted by atomic mass is 16.2. The zero-order valence-corrected chi connectivity index (χ0v) is 20.7. The van der Waals surface area contributed by atoms with Crippen LogP contribution in [-0.4, -0.2) is 38.2 Å². The lowest BCUT2D eigenvalue weighted by molar-refractivity contribution is 0.0996. The van der Waals surface area contributed by atoms with Crippen LogP contribution in [-0.2, 0) is 13.0 Å². The molecule has 6 rings (SSSR count). The van der Waals surface area contributed by atoms with E-state index in [1.807, 2.05) is 18.2 Å². The molecular formula is C27H33N7O. The molecule has 2 aromatic heterocycles. The number of anilines is 2. The highest BCUT2D eigenvalue weighted by Crippen LogP contribution is 2.38. The summed E-state index contributed by atoms with van der Waals surface area (Å²) in [5.41, 5.74) is 11.3. The zero-order chi connectivity index (χ0) is 24.3. The van der Waals surface area contributed by atoms with Crippen molar-refractivity contribution in [3.05, 3.63) is 52.8 Å². The van der Waals surface area contributed by atoms with Crippen molar-refractivity contribution in [3.8, 4) is 11.5 Å². The highest BCUT2D eigenvalue weighted by Gasteiger charge is 2.35. The summed E-state index contributed by atoms with van der Waals surface area (Å²) in [4.78, 5) is 22.8. The van der Waals surface area contributed by atoms with E-state index in [1.54, 1.807) is 4.90 Å². The first-order valence-corrected chi connectivity index (χ1v) is 12.9. The summed E-state index contributed by atoms with van der Waals surface area (Å²) in [7, 11) is 0. The standard InChI is InChI=1S/C27H33N7O/c1-4-22(28)19-13-18(32-12-6-7-16(32)2)14-20-21(19)15-33(27(20)35)24-9-5-8-23(29-24)26-31-30-25-11-10-17(3)34(25)26/h5,8-9,13-14,16-17,22H,4,6-7,10-12,15,28H2,1-3H3/t16-,17+,22-/m1/s1. The van der Waals surface area contributed by atoms with Crippen molar-refractivity contribution in [2.24, 2.45) is 5.73 Å². The van der Waals surface area contributed by atoms with E-state index in [1.165, 1.54) is 12.8 Å². The van der Waals surface area contributed by atoms with Crippen LogP contribution in [0.4, 0.5) is 11.5 Å². The van der Waals surface area contributed by atoms with Crippen LogP contribution >= 0.6 is 0 Å². The maximum atomic E-state index is 13.7. The summed E-state index contributed by atoms with van der Waals surface area (Å²) in [5.74, 6) is 2.41. The van der Waals surface area contributed by atoms with Crippen LogP contribution in [0.1, 0.15) is 85.8 Å². The van der Waals surface area contributed by atoms with E-state index >= 15 is 0 Å². The molecule has 3 atom stereocenters. The molecule has 1 saturated heterocycles. The molecule has 0 bridgehead atoms. The van der Waals surface area contributed by atoms with Gasteiger partial charge >= 0.3 is 0 Å². The highest BCUT2D eigenvalue weighted by molar-refractivity contribution is 6.10. The summed E-state index contributed by atoms with van der Waals surface area (Å²) < 4.78 is 2.18. The molecule has 35 heavy (non-hydrogen) atoms. The second kappa shape index (κ2) is 8.45. The summed E-state index contributed by atoms with van der Waals surface area (Å²) in [5, 5.41) is 8.79. The predicted octanol–water partition coefficient (Wildman–Crippen LogP) is 4.41. The Kier molecular flexibility index (Phi) is 5.36. The maximum absolute atomic E-state index is 13.7. The molecule has 2 N–H and O–H groups in total. The van der Waals surface area contributed by atoms with Gasteiger partial charge in [0.1, 0.15) is 17.3 Å². The van der Waals surface area contributed by atoms with Gasteiger partial charge in [-0.3, -0.25) is 9.69 Å². The second-order valence-electron chi connectivity index (χ2n) is 10.2. The molecule has 0 saturated carbocycles. The third-order valence-corrected chi connectivity index (χ3v) is 8.02.